The summed E-state index contributed by atoms with van der Waals surface area (Å²) in [7, 11) is 0. The fourth-order valence-corrected chi connectivity index (χ4v) is 1.72. The van der Waals surface area contributed by atoms with Gasteiger partial charge in [-0.2, -0.15) is 5.26 Å². The lowest BCUT2D eigenvalue weighted by Gasteiger charge is -2.01. The van der Waals surface area contributed by atoms with E-state index in [1.807, 2.05) is 18.2 Å². The third-order valence-corrected chi connectivity index (χ3v) is 2.89. The van der Waals surface area contributed by atoms with Crippen LogP contribution in [0.3, 0.4) is 0 Å². The molecular weight excluding hydrogens is 248 g/mol. The highest BCUT2D eigenvalue weighted by Gasteiger charge is 1.95. The minimum Gasteiger partial charge on any atom is -0.390 e. The third kappa shape index (κ3) is 3.96. The van der Waals surface area contributed by atoms with Gasteiger partial charge in [0, 0.05) is 5.56 Å². The van der Waals surface area contributed by atoms with Crippen molar-refractivity contribution >= 4 is 6.21 Å². The fraction of sp³-hybridized carbons (Fsp3) is 0.176. The van der Waals surface area contributed by atoms with Crippen molar-refractivity contribution in [3.05, 3.63) is 70.8 Å². The largest absolute Gasteiger partial charge is 0.390 e. The molecule has 0 saturated heterocycles. The summed E-state index contributed by atoms with van der Waals surface area (Å²) in [4.78, 5) is 5.20. The van der Waals surface area contributed by atoms with Gasteiger partial charge in [-0.25, -0.2) is 0 Å². The van der Waals surface area contributed by atoms with Crippen LogP contribution in [0.5, 0.6) is 0 Å². The first kappa shape index (κ1) is 13.8. The van der Waals surface area contributed by atoms with Crippen LogP contribution >= 0.6 is 0 Å². The summed E-state index contributed by atoms with van der Waals surface area (Å²) in [5.41, 5.74) is 3.68. The Morgan fingerprint density at radius 1 is 1.05 bits per heavy atom. The molecule has 0 aliphatic rings. The maximum absolute atomic E-state index is 8.79. The Kier molecular flexibility index (Phi) is 4.91. The molecule has 3 heteroatoms. The molecule has 0 spiro atoms. The van der Waals surface area contributed by atoms with Crippen LogP contribution < -0.4 is 0 Å². The van der Waals surface area contributed by atoms with E-state index in [2.05, 4.69) is 36.5 Å². The molecule has 2 aromatic rings. The number of hydrogen-bond donors (Lipinski definition) is 0. The first-order valence-electron chi connectivity index (χ1n) is 6.48. The van der Waals surface area contributed by atoms with Crippen LogP contribution in [0.2, 0.25) is 0 Å². The second-order valence-electron chi connectivity index (χ2n) is 4.34. The average Bonchev–Trinajstić information content (AvgIpc) is 2.52. The van der Waals surface area contributed by atoms with Crippen LogP contribution in [0.15, 0.2) is 53.7 Å². The second-order valence-corrected chi connectivity index (χ2v) is 4.34. The standard InChI is InChI=1S/C17H15N2O/c1-2-14-6-8-15(9-7-14)13-20-19-12-17-5-3-4-16(10-17)11-18/h3-10H,2,13H2,1H3. The quantitative estimate of drug-likeness (QED) is 0.611. The van der Waals surface area contributed by atoms with E-state index < -0.39 is 0 Å². The van der Waals surface area contributed by atoms with Crippen molar-refractivity contribution < 1.29 is 4.84 Å². The second kappa shape index (κ2) is 7.10. The monoisotopic (exact) mass is 263 g/mol. The van der Waals surface area contributed by atoms with Crippen molar-refractivity contribution in [3.8, 4) is 6.07 Å². The van der Waals surface area contributed by atoms with Crippen molar-refractivity contribution in [1.82, 2.24) is 0 Å². The molecule has 0 aliphatic carbocycles. The third-order valence-electron chi connectivity index (χ3n) is 2.89. The molecule has 2 aromatic carbocycles. The van der Waals surface area contributed by atoms with E-state index in [0.717, 1.165) is 17.5 Å². The van der Waals surface area contributed by atoms with Gasteiger partial charge < -0.3 is 4.84 Å². The van der Waals surface area contributed by atoms with Gasteiger partial charge in [0.1, 0.15) is 12.8 Å². The molecule has 2 rings (SSSR count). The summed E-state index contributed by atoms with van der Waals surface area (Å²) < 4.78 is 0. The van der Waals surface area contributed by atoms with Gasteiger partial charge in [-0.3, -0.25) is 0 Å². The van der Waals surface area contributed by atoms with E-state index in [4.69, 9.17) is 10.1 Å². The molecule has 1 radical (unpaired) electrons. The van der Waals surface area contributed by atoms with E-state index in [-0.39, 0.29) is 0 Å². The molecule has 3 nitrogen and oxygen atoms in total. The predicted molar refractivity (Wildman–Crippen MR) is 78.3 cm³/mol. The molecule has 0 aliphatic heterocycles. The Balaban J connectivity index is 1.88. The molecule has 0 saturated carbocycles. The van der Waals surface area contributed by atoms with Gasteiger partial charge >= 0.3 is 0 Å². The minimum atomic E-state index is 0.412. The fourth-order valence-electron chi connectivity index (χ4n) is 1.72. The molecule has 0 heterocycles. The summed E-state index contributed by atoms with van der Waals surface area (Å²) in [6, 6.07) is 17.4. The highest BCUT2D eigenvalue weighted by Crippen LogP contribution is 2.07. The predicted octanol–water partition coefficient (Wildman–Crippen LogP) is 3.55. The van der Waals surface area contributed by atoms with Crippen molar-refractivity contribution in [2.45, 2.75) is 20.0 Å². The van der Waals surface area contributed by atoms with E-state index >= 15 is 0 Å². The zero-order chi connectivity index (χ0) is 14.2. The van der Waals surface area contributed by atoms with E-state index in [9.17, 15) is 0 Å². The first-order valence-corrected chi connectivity index (χ1v) is 6.48. The Hall–Kier alpha value is -2.60. The van der Waals surface area contributed by atoms with Crippen LogP contribution in [-0.2, 0) is 17.9 Å². The van der Waals surface area contributed by atoms with Crippen LogP contribution in [0.25, 0.3) is 0 Å². The van der Waals surface area contributed by atoms with Crippen molar-refractivity contribution in [3.63, 3.8) is 0 Å². The Morgan fingerprint density at radius 2 is 1.75 bits per heavy atom. The summed E-state index contributed by atoms with van der Waals surface area (Å²) >= 11 is 0. The van der Waals surface area contributed by atoms with Crippen LogP contribution in [0, 0.1) is 11.3 Å². The van der Waals surface area contributed by atoms with E-state index in [1.54, 1.807) is 18.2 Å². The molecule has 20 heavy (non-hydrogen) atoms. The molecular formula is C17H15N2O. The van der Waals surface area contributed by atoms with E-state index in [1.165, 1.54) is 5.56 Å². The molecule has 0 atom stereocenters. The number of nitriles is 1. The number of nitrogens with zero attached hydrogens (tertiary/aromatic N) is 2. The normalized spacial score (nSPS) is 10.4. The van der Waals surface area contributed by atoms with Crippen molar-refractivity contribution in [2.24, 2.45) is 5.16 Å². The molecule has 0 fully saturated rings. The molecule has 0 unspecified atom stereocenters. The highest BCUT2D eigenvalue weighted by molar-refractivity contribution is 5.79. The zero-order valence-electron chi connectivity index (χ0n) is 11.3. The Morgan fingerprint density at radius 3 is 2.45 bits per heavy atom. The van der Waals surface area contributed by atoms with Crippen molar-refractivity contribution in [1.29, 1.82) is 5.26 Å². The van der Waals surface area contributed by atoms with Gasteiger partial charge in [-0.1, -0.05) is 48.5 Å². The number of benzene rings is 2. The SMILES string of the molecule is CCc1ccc(CO/N=[C]\c2cccc(C#N)c2)cc1. The number of rotatable bonds is 5. The lowest BCUT2D eigenvalue weighted by molar-refractivity contribution is 0.132. The maximum atomic E-state index is 8.79. The zero-order valence-corrected chi connectivity index (χ0v) is 11.3. The molecule has 0 N–H and O–H groups in total. The molecule has 0 amide bonds. The average molecular weight is 263 g/mol. The van der Waals surface area contributed by atoms with Gasteiger partial charge in [0.2, 0.25) is 0 Å². The summed E-state index contributed by atoms with van der Waals surface area (Å²) in [6.45, 7) is 2.54. The Bertz CT molecular complexity index is 624. The van der Waals surface area contributed by atoms with Crippen LogP contribution in [-0.4, -0.2) is 6.21 Å². The van der Waals surface area contributed by atoms with Gasteiger partial charge in [-0.15, -0.1) is 0 Å². The Labute approximate surface area is 119 Å². The number of aryl methyl sites for hydroxylation is 1. The summed E-state index contributed by atoms with van der Waals surface area (Å²) in [5, 5.41) is 12.6. The van der Waals surface area contributed by atoms with Crippen LogP contribution in [0.1, 0.15) is 29.2 Å². The molecule has 0 bridgehead atoms. The summed E-state index contributed by atoms with van der Waals surface area (Å²) in [5.74, 6) is 0. The molecule has 0 aromatic heterocycles. The van der Waals surface area contributed by atoms with Gasteiger partial charge in [0.15, 0.2) is 0 Å². The molecule has 99 valence electrons. The lowest BCUT2D eigenvalue weighted by atomic mass is 10.1. The van der Waals surface area contributed by atoms with Gasteiger partial charge in [-0.05, 0) is 29.7 Å². The van der Waals surface area contributed by atoms with Crippen molar-refractivity contribution in [2.75, 3.05) is 0 Å². The maximum Gasteiger partial charge on any atom is 0.142 e. The minimum absolute atomic E-state index is 0.412. The topological polar surface area (TPSA) is 45.4 Å². The summed E-state index contributed by atoms with van der Waals surface area (Å²) in [6.07, 6.45) is 3.79. The lowest BCUT2D eigenvalue weighted by Crippen LogP contribution is -1.89. The smallest absolute Gasteiger partial charge is 0.142 e. The highest BCUT2D eigenvalue weighted by atomic mass is 16.6. The number of hydrogen-bond acceptors (Lipinski definition) is 3. The van der Waals surface area contributed by atoms with Gasteiger partial charge in [0.25, 0.3) is 0 Å². The first-order chi connectivity index (χ1) is 9.81. The van der Waals surface area contributed by atoms with Crippen LogP contribution in [0.4, 0.5) is 0 Å². The van der Waals surface area contributed by atoms with E-state index in [0.29, 0.717) is 12.2 Å². The van der Waals surface area contributed by atoms with Gasteiger partial charge in [0.05, 0.1) is 11.6 Å².